The van der Waals surface area contributed by atoms with Crippen LogP contribution in [0.3, 0.4) is 0 Å². The standard InChI is InChI=1S/C14H24N2O2/c1-11(2)16(7-4-8-17)10-12-5-6-14(18-3)13(15)9-12/h5-6,9,11,17H,4,7-8,10,15H2,1-3H3. The number of benzene rings is 1. The summed E-state index contributed by atoms with van der Waals surface area (Å²) in [6, 6.07) is 6.33. The quantitative estimate of drug-likeness (QED) is 0.727. The van der Waals surface area contributed by atoms with E-state index in [4.69, 9.17) is 15.6 Å². The molecule has 0 aromatic heterocycles. The first kappa shape index (κ1) is 14.8. The van der Waals surface area contributed by atoms with Crippen LogP contribution < -0.4 is 10.5 Å². The van der Waals surface area contributed by atoms with Gasteiger partial charge in [-0.2, -0.15) is 0 Å². The van der Waals surface area contributed by atoms with Gasteiger partial charge in [-0.1, -0.05) is 6.07 Å². The Morgan fingerprint density at radius 1 is 1.39 bits per heavy atom. The molecule has 4 heteroatoms. The van der Waals surface area contributed by atoms with Crippen LogP contribution in [0.1, 0.15) is 25.8 Å². The van der Waals surface area contributed by atoms with Gasteiger partial charge in [0.1, 0.15) is 5.75 Å². The molecule has 0 fully saturated rings. The molecule has 0 aliphatic heterocycles. The predicted molar refractivity (Wildman–Crippen MR) is 74.7 cm³/mol. The topological polar surface area (TPSA) is 58.7 Å². The third kappa shape index (κ3) is 4.20. The summed E-state index contributed by atoms with van der Waals surface area (Å²) in [6.45, 7) is 6.27. The molecule has 0 radical (unpaired) electrons. The van der Waals surface area contributed by atoms with Gasteiger partial charge < -0.3 is 15.6 Å². The maximum Gasteiger partial charge on any atom is 0.141 e. The van der Waals surface area contributed by atoms with E-state index >= 15 is 0 Å². The Morgan fingerprint density at radius 2 is 2.11 bits per heavy atom. The summed E-state index contributed by atoms with van der Waals surface area (Å²) >= 11 is 0. The van der Waals surface area contributed by atoms with Crippen molar-refractivity contribution in [2.75, 3.05) is 26.0 Å². The van der Waals surface area contributed by atoms with E-state index < -0.39 is 0 Å². The van der Waals surface area contributed by atoms with E-state index in [2.05, 4.69) is 18.7 Å². The second-order valence-corrected chi connectivity index (χ2v) is 4.72. The van der Waals surface area contributed by atoms with E-state index in [-0.39, 0.29) is 6.61 Å². The summed E-state index contributed by atoms with van der Waals surface area (Å²) < 4.78 is 5.15. The predicted octanol–water partition coefficient (Wildman–Crippen LogP) is 1.87. The van der Waals surface area contributed by atoms with Gasteiger partial charge in [0.15, 0.2) is 0 Å². The van der Waals surface area contributed by atoms with Crippen molar-refractivity contribution in [2.24, 2.45) is 0 Å². The highest BCUT2D eigenvalue weighted by Gasteiger charge is 2.10. The number of methoxy groups -OCH3 is 1. The van der Waals surface area contributed by atoms with Gasteiger partial charge in [0, 0.05) is 25.7 Å². The fourth-order valence-corrected chi connectivity index (χ4v) is 1.91. The molecule has 0 amide bonds. The number of ether oxygens (including phenoxy) is 1. The summed E-state index contributed by atoms with van der Waals surface area (Å²) in [5.74, 6) is 0.713. The highest BCUT2D eigenvalue weighted by Crippen LogP contribution is 2.23. The van der Waals surface area contributed by atoms with Gasteiger partial charge >= 0.3 is 0 Å². The van der Waals surface area contributed by atoms with Crippen molar-refractivity contribution in [3.05, 3.63) is 23.8 Å². The number of hydrogen-bond acceptors (Lipinski definition) is 4. The van der Waals surface area contributed by atoms with Gasteiger partial charge in [0.05, 0.1) is 12.8 Å². The lowest BCUT2D eigenvalue weighted by atomic mass is 10.1. The molecule has 0 heterocycles. The molecule has 1 aromatic carbocycles. The minimum absolute atomic E-state index is 0.230. The molecule has 1 aromatic rings. The Balaban J connectivity index is 2.71. The second-order valence-electron chi connectivity index (χ2n) is 4.72. The van der Waals surface area contributed by atoms with E-state index in [0.717, 1.165) is 19.5 Å². The molecule has 4 nitrogen and oxygen atoms in total. The van der Waals surface area contributed by atoms with Crippen LogP contribution in [0.15, 0.2) is 18.2 Å². The summed E-state index contributed by atoms with van der Waals surface area (Å²) in [7, 11) is 1.62. The zero-order valence-corrected chi connectivity index (χ0v) is 11.5. The van der Waals surface area contributed by atoms with Crippen molar-refractivity contribution in [2.45, 2.75) is 32.9 Å². The van der Waals surface area contributed by atoms with E-state index in [0.29, 0.717) is 17.5 Å². The zero-order chi connectivity index (χ0) is 13.5. The van der Waals surface area contributed by atoms with Crippen molar-refractivity contribution in [1.29, 1.82) is 0 Å². The number of nitrogen functional groups attached to an aromatic ring is 1. The molecule has 0 aliphatic rings. The van der Waals surface area contributed by atoms with Gasteiger partial charge in [-0.25, -0.2) is 0 Å². The van der Waals surface area contributed by atoms with Gasteiger partial charge in [0.25, 0.3) is 0 Å². The van der Waals surface area contributed by atoms with Crippen LogP contribution in [-0.4, -0.2) is 36.3 Å². The smallest absolute Gasteiger partial charge is 0.141 e. The molecule has 0 saturated heterocycles. The van der Waals surface area contributed by atoms with E-state index in [1.807, 2.05) is 18.2 Å². The van der Waals surface area contributed by atoms with Crippen LogP contribution in [0.5, 0.6) is 5.75 Å². The number of anilines is 1. The first-order valence-corrected chi connectivity index (χ1v) is 6.35. The third-order valence-corrected chi connectivity index (χ3v) is 3.01. The van der Waals surface area contributed by atoms with Gasteiger partial charge in [-0.05, 0) is 38.0 Å². The Bertz CT molecular complexity index is 367. The van der Waals surface area contributed by atoms with E-state index in [1.165, 1.54) is 5.56 Å². The summed E-state index contributed by atoms with van der Waals surface area (Å²) in [5.41, 5.74) is 7.73. The Kier molecular flexibility index (Phi) is 5.95. The Labute approximate surface area is 109 Å². The largest absolute Gasteiger partial charge is 0.495 e. The van der Waals surface area contributed by atoms with Crippen LogP contribution >= 0.6 is 0 Å². The molecule has 102 valence electrons. The molecule has 0 bridgehead atoms. The zero-order valence-electron chi connectivity index (χ0n) is 11.5. The summed E-state index contributed by atoms with van der Waals surface area (Å²) in [4.78, 5) is 2.32. The molecule has 0 atom stereocenters. The molecule has 0 aliphatic carbocycles. The van der Waals surface area contributed by atoms with Crippen molar-refractivity contribution in [1.82, 2.24) is 4.90 Å². The molecule has 18 heavy (non-hydrogen) atoms. The van der Waals surface area contributed by atoms with Gasteiger partial charge in [-0.15, -0.1) is 0 Å². The minimum Gasteiger partial charge on any atom is -0.495 e. The first-order chi connectivity index (χ1) is 8.58. The number of aliphatic hydroxyl groups is 1. The van der Waals surface area contributed by atoms with Crippen molar-refractivity contribution in [3.63, 3.8) is 0 Å². The molecule has 0 unspecified atom stereocenters. The third-order valence-electron chi connectivity index (χ3n) is 3.01. The number of rotatable bonds is 7. The van der Waals surface area contributed by atoms with E-state index in [1.54, 1.807) is 7.11 Å². The van der Waals surface area contributed by atoms with Gasteiger partial charge in [0.2, 0.25) is 0 Å². The van der Waals surface area contributed by atoms with Crippen LogP contribution in [0.2, 0.25) is 0 Å². The molecule has 0 saturated carbocycles. The molecule has 0 spiro atoms. The van der Waals surface area contributed by atoms with Crippen LogP contribution in [0.25, 0.3) is 0 Å². The number of hydrogen-bond donors (Lipinski definition) is 2. The minimum atomic E-state index is 0.230. The summed E-state index contributed by atoms with van der Waals surface area (Å²) in [5, 5.41) is 8.91. The second kappa shape index (κ2) is 7.24. The highest BCUT2D eigenvalue weighted by molar-refractivity contribution is 5.54. The summed E-state index contributed by atoms with van der Waals surface area (Å²) in [6.07, 6.45) is 0.795. The lowest BCUT2D eigenvalue weighted by molar-refractivity contribution is 0.185. The lowest BCUT2D eigenvalue weighted by Crippen LogP contribution is -2.31. The first-order valence-electron chi connectivity index (χ1n) is 6.35. The Hall–Kier alpha value is -1.26. The van der Waals surface area contributed by atoms with Crippen molar-refractivity contribution in [3.8, 4) is 5.75 Å². The number of nitrogens with two attached hydrogens (primary N) is 1. The van der Waals surface area contributed by atoms with Crippen LogP contribution in [0, 0.1) is 0 Å². The molecular formula is C14H24N2O2. The Morgan fingerprint density at radius 3 is 2.61 bits per heavy atom. The normalized spacial score (nSPS) is 11.2. The average Bonchev–Trinajstić information content (AvgIpc) is 2.34. The number of aliphatic hydroxyl groups excluding tert-OH is 1. The lowest BCUT2D eigenvalue weighted by Gasteiger charge is -2.26. The maximum absolute atomic E-state index is 8.91. The van der Waals surface area contributed by atoms with Crippen LogP contribution in [-0.2, 0) is 6.54 Å². The highest BCUT2D eigenvalue weighted by atomic mass is 16.5. The maximum atomic E-state index is 8.91. The fraction of sp³-hybridized carbons (Fsp3) is 0.571. The number of nitrogens with zero attached hydrogens (tertiary/aromatic N) is 1. The monoisotopic (exact) mass is 252 g/mol. The SMILES string of the molecule is COc1ccc(CN(CCCO)C(C)C)cc1N. The van der Waals surface area contributed by atoms with Gasteiger partial charge in [-0.3, -0.25) is 4.90 Å². The molecule has 3 N–H and O–H groups in total. The molecule has 1 rings (SSSR count). The van der Waals surface area contributed by atoms with E-state index in [9.17, 15) is 0 Å². The van der Waals surface area contributed by atoms with Crippen molar-refractivity contribution < 1.29 is 9.84 Å². The van der Waals surface area contributed by atoms with Crippen molar-refractivity contribution >= 4 is 5.69 Å². The van der Waals surface area contributed by atoms with Crippen LogP contribution in [0.4, 0.5) is 5.69 Å². The average molecular weight is 252 g/mol. The molecular weight excluding hydrogens is 228 g/mol. The fourth-order valence-electron chi connectivity index (χ4n) is 1.91.